The number of carbonyl (C=O) groups excluding carboxylic acids is 1. The van der Waals surface area contributed by atoms with Crippen LogP contribution in [0.4, 0.5) is 0 Å². The van der Waals surface area contributed by atoms with Gasteiger partial charge >= 0.3 is 0 Å². The molecule has 0 saturated heterocycles. The first kappa shape index (κ1) is 12.0. The monoisotopic (exact) mass is 267 g/mol. The summed E-state index contributed by atoms with van der Waals surface area (Å²) in [5, 5.41) is 12.0. The van der Waals surface area contributed by atoms with Crippen molar-refractivity contribution < 1.29 is 4.79 Å². The summed E-state index contributed by atoms with van der Waals surface area (Å²) in [5.41, 5.74) is 5.65. The first-order chi connectivity index (χ1) is 8.78. The lowest BCUT2D eigenvalue weighted by molar-refractivity contribution is -0.118. The topological polar surface area (TPSA) is 85.8 Å². The Hall–Kier alpha value is -1.08. The van der Waals surface area contributed by atoms with E-state index in [1.807, 2.05) is 0 Å². The van der Waals surface area contributed by atoms with Crippen LogP contribution in [0.2, 0.25) is 0 Å². The largest absolute Gasteiger partial charge is 0.353 e. The minimum Gasteiger partial charge on any atom is -0.353 e. The van der Waals surface area contributed by atoms with Gasteiger partial charge in [0, 0.05) is 12.1 Å². The van der Waals surface area contributed by atoms with Crippen molar-refractivity contribution in [1.82, 2.24) is 20.1 Å². The van der Waals surface area contributed by atoms with Crippen molar-refractivity contribution in [3.05, 3.63) is 5.82 Å². The van der Waals surface area contributed by atoms with Crippen LogP contribution in [0, 0.1) is 0 Å². The van der Waals surface area contributed by atoms with Gasteiger partial charge in [-0.3, -0.25) is 4.79 Å². The fraction of sp³-hybridized carbons (Fsp3) is 0.727. The van der Waals surface area contributed by atoms with Crippen LogP contribution in [0.25, 0.3) is 0 Å². The number of hydrogen-bond acceptors (Lipinski definition) is 5. The van der Waals surface area contributed by atoms with Crippen LogP contribution in [0.15, 0.2) is 5.16 Å². The molecule has 0 unspecified atom stereocenters. The number of aromatic nitrogens is 3. The zero-order valence-electron chi connectivity index (χ0n) is 10.1. The normalized spacial score (nSPS) is 18.9. The van der Waals surface area contributed by atoms with Gasteiger partial charge in [0.15, 0.2) is 5.16 Å². The third-order valence-electron chi connectivity index (χ3n) is 3.10. The number of nitrogens with one attached hydrogen (secondary N) is 1. The highest BCUT2D eigenvalue weighted by molar-refractivity contribution is 7.99. The summed E-state index contributed by atoms with van der Waals surface area (Å²) in [7, 11) is 0. The van der Waals surface area contributed by atoms with Gasteiger partial charge in [0.1, 0.15) is 5.82 Å². The predicted octanol–water partition coefficient (Wildman–Crippen LogP) is 0.442. The van der Waals surface area contributed by atoms with E-state index in [-0.39, 0.29) is 5.91 Å². The molecule has 1 aromatic rings. The van der Waals surface area contributed by atoms with E-state index in [0.717, 1.165) is 36.7 Å². The molecule has 0 aromatic carbocycles. The second kappa shape index (κ2) is 4.89. The Morgan fingerprint density at radius 1 is 1.39 bits per heavy atom. The van der Waals surface area contributed by atoms with Crippen molar-refractivity contribution in [1.29, 1.82) is 0 Å². The fourth-order valence-electron chi connectivity index (χ4n) is 1.87. The van der Waals surface area contributed by atoms with Gasteiger partial charge in [-0.05, 0) is 25.7 Å². The average molecular weight is 267 g/mol. The van der Waals surface area contributed by atoms with Crippen LogP contribution in [-0.2, 0) is 11.3 Å². The molecule has 2 fully saturated rings. The Balaban J connectivity index is 1.60. The molecule has 6 nitrogen and oxygen atoms in total. The first-order valence-corrected chi connectivity index (χ1v) is 7.32. The molecule has 0 aliphatic heterocycles. The Morgan fingerprint density at radius 3 is 2.78 bits per heavy atom. The minimum atomic E-state index is 0.0853. The van der Waals surface area contributed by atoms with Crippen molar-refractivity contribution in [2.75, 3.05) is 5.75 Å². The summed E-state index contributed by atoms with van der Waals surface area (Å²) < 4.78 is 2.09. The van der Waals surface area contributed by atoms with Crippen LogP contribution in [0.5, 0.6) is 0 Å². The van der Waals surface area contributed by atoms with Crippen molar-refractivity contribution in [3.8, 4) is 0 Å². The predicted molar refractivity (Wildman–Crippen MR) is 68.1 cm³/mol. The molecule has 3 N–H and O–H groups in total. The van der Waals surface area contributed by atoms with E-state index in [1.165, 1.54) is 11.8 Å². The highest BCUT2D eigenvalue weighted by atomic mass is 32.2. The summed E-state index contributed by atoms with van der Waals surface area (Å²) in [4.78, 5) is 11.6. The molecule has 2 aliphatic carbocycles. The van der Waals surface area contributed by atoms with Gasteiger partial charge in [0.25, 0.3) is 0 Å². The van der Waals surface area contributed by atoms with Gasteiger partial charge in [-0.1, -0.05) is 11.8 Å². The van der Waals surface area contributed by atoms with E-state index in [0.29, 0.717) is 24.4 Å². The SMILES string of the molecule is NCc1nnc(SCC(=O)NC2CC2)n1C1CC1. The molecule has 3 rings (SSSR count). The molecule has 7 heteroatoms. The van der Waals surface area contributed by atoms with E-state index in [9.17, 15) is 4.79 Å². The number of carbonyl (C=O) groups is 1. The summed E-state index contributed by atoms with van der Waals surface area (Å²) in [5.74, 6) is 1.32. The standard InChI is InChI=1S/C11H17N5OS/c12-5-9-14-15-11(16(9)8-3-4-8)18-6-10(17)13-7-1-2-7/h7-8H,1-6,12H2,(H,13,17). The molecule has 2 aliphatic rings. The number of nitrogens with zero attached hydrogens (tertiary/aromatic N) is 3. The van der Waals surface area contributed by atoms with Crippen molar-refractivity contribution in [2.45, 2.75) is 49.5 Å². The molecule has 0 atom stereocenters. The van der Waals surface area contributed by atoms with Crippen molar-refractivity contribution in [2.24, 2.45) is 5.73 Å². The highest BCUT2D eigenvalue weighted by Gasteiger charge is 2.29. The van der Waals surface area contributed by atoms with Crippen LogP contribution in [0.1, 0.15) is 37.5 Å². The molecule has 98 valence electrons. The summed E-state index contributed by atoms with van der Waals surface area (Å²) >= 11 is 1.45. The van der Waals surface area contributed by atoms with Crippen LogP contribution in [-0.4, -0.2) is 32.5 Å². The third-order valence-corrected chi connectivity index (χ3v) is 4.05. The van der Waals surface area contributed by atoms with E-state index in [1.54, 1.807) is 0 Å². The molecule has 1 amide bonds. The van der Waals surface area contributed by atoms with Gasteiger partial charge in [0.2, 0.25) is 5.91 Å². The van der Waals surface area contributed by atoms with Crippen LogP contribution < -0.4 is 11.1 Å². The second-order valence-corrected chi connectivity index (χ2v) is 5.78. The zero-order valence-corrected chi connectivity index (χ0v) is 10.9. The Labute approximate surface area is 110 Å². The fourth-order valence-corrected chi connectivity index (χ4v) is 2.71. The molecule has 1 aromatic heterocycles. The van der Waals surface area contributed by atoms with Gasteiger partial charge in [-0.15, -0.1) is 10.2 Å². The number of amides is 1. The van der Waals surface area contributed by atoms with Gasteiger partial charge in [-0.25, -0.2) is 0 Å². The van der Waals surface area contributed by atoms with Crippen molar-refractivity contribution >= 4 is 17.7 Å². The summed E-state index contributed by atoms with van der Waals surface area (Å²) in [6.45, 7) is 0.401. The second-order valence-electron chi connectivity index (χ2n) is 4.83. The maximum Gasteiger partial charge on any atom is 0.230 e. The Bertz CT molecular complexity index is 452. The van der Waals surface area contributed by atoms with E-state index >= 15 is 0 Å². The molecular weight excluding hydrogens is 250 g/mol. The summed E-state index contributed by atoms with van der Waals surface area (Å²) in [6, 6.07) is 0.909. The van der Waals surface area contributed by atoms with Gasteiger partial charge in [0.05, 0.1) is 12.3 Å². The van der Waals surface area contributed by atoms with Gasteiger partial charge < -0.3 is 15.6 Å². The lowest BCUT2D eigenvalue weighted by Gasteiger charge is -2.07. The van der Waals surface area contributed by atoms with Crippen LogP contribution in [0.3, 0.4) is 0 Å². The summed E-state index contributed by atoms with van der Waals surface area (Å²) in [6.07, 6.45) is 4.55. The number of nitrogens with two attached hydrogens (primary N) is 1. The molecule has 0 spiro atoms. The highest BCUT2D eigenvalue weighted by Crippen LogP contribution is 2.38. The Morgan fingerprint density at radius 2 is 2.17 bits per heavy atom. The molecule has 18 heavy (non-hydrogen) atoms. The van der Waals surface area contributed by atoms with E-state index in [4.69, 9.17) is 5.73 Å². The maximum absolute atomic E-state index is 11.6. The number of rotatable bonds is 6. The lowest BCUT2D eigenvalue weighted by Crippen LogP contribution is -2.27. The Kier molecular flexibility index (Phi) is 3.25. The number of thioether (sulfide) groups is 1. The molecular formula is C11H17N5OS. The molecule has 2 saturated carbocycles. The maximum atomic E-state index is 11.6. The molecule has 0 radical (unpaired) electrons. The number of hydrogen-bond donors (Lipinski definition) is 2. The smallest absolute Gasteiger partial charge is 0.230 e. The van der Waals surface area contributed by atoms with Crippen LogP contribution >= 0.6 is 11.8 Å². The minimum absolute atomic E-state index is 0.0853. The van der Waals surface area contributed by atoms with E-state index < -0.39 is 0 Å². The third kappa shape index (κ3) is 2.67. The first-order valence-electron chi connectivity index (χ1n) is 6.34. The van der Waals surface area contributed by atoms with E-state index in [2.05, 4.69) is 20.1 Å². The van der Waals surface area contributed by atoms with Crippen molar-refractivity contribution in [3.63, 3.8) is 0 Å². The lowest BCUT2D eigenvalue weighted by atomic mass is 10.5. The quantitative estimate of drug-likeness (QED) is 0.731. The molecule has 1 heterocycles. The average Bonchev–Trinajstić information content (AvgIpc) is 3.27. The zero-order chi connectivity index (χ0) is 12.5. The van der Waals surface area contributed by atoms with Gasteiger partial charge in [-0.2, -0.15) is 0 Å². The molecule has 0 bridgehead atoms.